The normalized spacial score (nSPS) is 19.2. The molecule has 1 aliphatic heterocycles. The van der Waals surface area contributed by atoms with Crippen molar-refractivity contribution < 1.29 is 5.11 Å². The molecule has 2 rings (SSSR count). The van der Waals surface area contributed by atoms with Gasteiger partial charge in [-0.25, -0.2) is 0 Å². The van der Waals surface area contributed by atoms with Gasteiger partial charge in [-0.3, -0.25) is 0 Å². The first-order valence-corrected chi connectivity index (χ1v) is 7.89. The minimum Gasteiger partial charge on any atom is -0.389 e. The van der Waals surface area contributed by atoms with Crippen molar-refractivity contribution in [1.29, 1.82) is 0 Å². The molecule has 1 aromatic rings. The zero-order valence-electron chi connectivity index (χ0n) is 13.0. The maximum Gasteiger partial charge on any atom is 0.0776 e. The molecule has 1 aromatic carbocycles. The minimum atomic E-state index is -0.511. The van der Waals surface area contributed by atoms with Crippen LogP contribution in [0.4, 0.5) is 5.69 Å². The quantitative estimate of drug-likeness (QED) is 0.858. The van der Waals surface area contributed by atoms with E-state index in [4.69, 9.17) is 11.6 Å². The molecule has 1 atom stereocenters. The Balaban J connectivity index is 2.06. The Labute approximate surface area is 127 Å². The fraction of sp³-hybridized carbons (Fsp3) is 0.647. The Morgan fingerprint density at radius 2 is 1.85 bits per heavy atom. The number of nitrogens with zero attached hydrogens (tertiary/aromatic N) is 1. The average Bonchev–Trinajstić information content (AvgIpc) is 2.37. The van der Waals surface area contributed by atoms with Crippen LogP contribution in [0, 0.1) is 11.3 Å². The number of aliphatic hydroxyl groups is 1. The first kappa shape index (κ1) is 15.7. The van der Waals surface area contributed by atoms with Gasteiger partial charge in [-0.2, -0.15) is 0 Å². The van der Waals surface area contributed by atoms with Gasteiger partial charge in [-0.05, 0) is 48.8 Å². The molecule has 3 heteroatoms. The summed E-state index contributed by atoms with van der Waals surface area (Å²) in [7, 11) is 0. The highest BCUT2D eigenvalue weighted by Crippen LogP contribution is 2.36. The Morgan fingerprint density at radius 3 is 2.30 bits per heavy atom. The van der Waals surface area contributed by atoms with E-state index >= 15 is 0 Å². The van der Waals surface area contributed by atoms with Gasteiger partial charge >= 0.3 is 0 Å². The van der Waals surface area contributed by atoms with Gasteiger partial charge in [-0.1, -0.05) is 38.4 Å². The second-order valence-electron chi connectivity index (χ2n) is 7.01. The third-order valence-electron chi connectivity index (χ3n) is 4.52. The highest BCUT2D eigenvalue weighted by molar-refractivity contribution is 6.31. The topological polar surface area (TPSA) is 23.5 Å². The van der Waals surface area contributed by atoms with Crippen molar-refractivity contribution >= 4 is 17.3 Å². The molecule has 20 heavy (non-hydrogen) atoms. The highest BCUT2D eigenvalue weighted by Gasteiger charge is 2.28. The first-order valence-electron chi connectivity index (χ1n) is 7.51. The van der Waals surface area contributed by atoms with E-state index in [0.29, 0.717) is 10.4 Å². The first-order chi connectivity index (χ1) is 9.29. The minimum absolute atomic E-state index is 0.403. The second-order valence-corrected chi connectivity index (χ2v) is 7.42. The lowest BCUT2D eigenvalue weighted by atomic mass is 9.75. The summed E-state index contributed by atoms with van der Waals surface area (Å²) in [6, 6.07) is 6.00. The number of piperidine rings is 1. The number of hydrogen-bond donors (Lipinski definition) is 1. The molecule has 0 aromatic heterocycles. The van der Waals surface area contributed by atoms with Gasteiger partial charge in [0.2, 0.25) is 0 Å². The molecule has 112 valence electrons. The van der Waals surface area contributed by atoms with E-state index in [0.717, 1.165) is 24.6 Å². The molecule has 1 fully saturated rings. The van der Waals surface area contributed by atoms with Crippen LogP contribution in [-0.4, -0.2) is 18.2 Å². The fourth-order valence-electron chi connectivity index (χ4n) is 3.06. The predicted octanol–water partition coefficient (Wildman–Crippen LogP) is 4.66. The molecule has 0 aliphatic carbocycles. The monoisotopic (exact) mass is 295 g/mol. The summed E-state index contributed by atoms with van der Waals surface area (Å²) in [5, 5.41) is 10.3. The van der Waals surface area contributed by atoms with Gasteiger partial charge in [0.1, 0.15) is 0 Å². The van der Waals surface area contributed by atoms with E-state index in [1.165, 1.54) is 18.5 Å². The van der Waals surface area contributed by atoms with E-state index < -0.39 is 6.10 Å². The molecule has 1 N–H and O–H groups in total. The molecular formula is C17H26ClNO. The largest absolute Gasteiger partial charge is 0.389 e. The molecule has 0 amide bonds. The molecular weight excluding hydrogens is 270 g/mol. The third-order valence-corrected chi connectivity index (χ3v) is 4.85. The van der Waals surface area contributed by atoms with Crippen molar-refractivity contribution in [1.82, 2.24) is 0 Å². The lowest BCUT2D eigenvalue weighted by Gasteiger charge is -2.39. The maximum absolute atomic E-state index is 9.63. The number of rotatable bonds is 2. The Kier molecular flexibility index (Phi) is 4.66. The number of aliphatic hydroxyl groups excluding tert-OH is 1. The van der Waals surface area contributed by atoms with Crippen molar-refractivity contribution in [3.8, 4) is 0 Å². The van der Waals surface area contributed by atoms with Crippen molar-refractivity contribution in [3.63, 3.8) is 0 Å². The van der Waals surface area contributed by atoms with E-state index in [2.05, 4.69) is 31.7 Å². The van der Waals surface area contributed by atoms with Crippen LogP contribution < -0.4 is 4.90 Å². The van der Waals surface area contributed by atoms with Crippen LogP contribution in [0.5, 0.6) is 0 Å². The van der Waals surface area contributed by atoms with Crippen molar-refractivity contribution in [2.24, 2.45) is 11.3 Å². The van der Waals surface area contributed by atoms with E-state index in [1.807, 2.05) is 12.1 Å². The van der Waals surface area contributed by atoms with Crippen LogP contribution in [0.15, 0.2) is 18.2 Å². The molecule has 1 unspecified atom stereocenters. The average molecular weight is 296 g/mol. The van der Waals surface area contributed by atoms with Crippen LogP contribution in [0.25, 0.3) is 0 Å². The lowest BCUT2D eigenvalue weighted by molar-refractivity contribution is 0.198. The Morgan fingerprint density at radius 1 is 1.25 bits per heavy atom. The number of anilines is 1. The van der Waals surface area contributed by atoms with Gasteiger partial charge in [0, 0.05) is 23.8 Å². The Bertz CT molecular complexity index is 457. The molecule has 0 spiro atoms. The predicted molar refractivity (Wildman–Crippen MR) is 86.5 cm³/mol. The summed E-state index contributed by atoms with van der Waals surface area (Å²) in [5.74, 6) is 0.797. The number of benzene rings is 1. The van der Waals surface area contributed by atoms with Gasteiger partial charge < -0.3 is 10.0 Å². The van der Waals surface area contributed by atoms with Crippen LogP contribution in [0.3, 0.4) is 0 Å². The Hall–Kier alpha value is -0.730. The third kappa shape index (κ3) is 3.48. The smallest absolute Gasteiger partial charge is 0.0776 e. The van der Waals surface area contributed by atoms with Gasteiger partial charge in [0.15, 0.2) is 0 Å². The summed E-state index contributed by atoms with van der Waals surface area (Å²) in [5.41, 5.74) is 2.38. The van der Waals surface area contributed by atoms with Crippen LogP contribution in [0.2, 0.25) is 5.02 Å². The van der Waals surface area contributed by atoms with E-state index in [1.54, 1.807) is 6.92 Å². The summed E-state index contributed by atoms with van der Waals surface area (Å²) >= 11 is 6.26. The molecule has 0 saturated carbocycles. The zero-order valence-corrected chi connectivity index (χ0v) is 13.7. The number of halogens is 1. The van der Waals surface area contributed by atoms with Crippen molar-refractivity contribution in [2.75, 3.05) is 18.0 Å². The second kappa shape index (κ2) is 5.95. The highest BCUT2D eigenvalue weighted by atomic mass is 35.5. The summed E-state index contributed by atoms with van der Waals surface area (Å²) < 4.78 is 0. The molecule has 1 aliphatic rings. The van der Waals surface area contributed by atoms with Crippen LogP contribution >= 0.6 is 11.6 Å². The molecule has 1 heterocycles. The van der Waals surface area contributed by atoms with Crippen molar-refractivity contribution in [3.05, 3.63) is 28.8 Å². The number of hydrogen-bond acceptors (Lipinski definition) is 2. The fourth-order valence-corrected chi connectivity index (χ4v) is 3.39. The van der Waals surface area contributed by atoms with Gasteiger partial charge in [0.05, 0.1) is 6.10 Å². The van der Waals surface area contributed by atoms with Crippen LogP contribution in [0.1, 0.15) is 52.2 Å². The SMILES string of the molecule is CC(O)c1ccc(N2CCC(C(C)(C)C)CC2)cc1Cl. The van der Waals surface area contributed by atoms with Gasteiger partial charge in [0.25, 0.3) is 0 Å². The summed E-state index contributed by atoms with van der Waals surface area (Å²) in [6.07, 6.45) is 1.96. The summed E-state index contributed by atoms with van der Waals surface area (Å²) in [6.45, 7) is 10.9. The zero-order chi connectivity index (χ0) is 14.9. The standard InChI is InChI=1S/C17H26ClNO/c1-12(20)15-6-5-14(11-16(15)18)19-9-7-13(8-10-19)17(2,3)4/h5-6,11-13,20H,7-10H2,1-4H3. The summed E-state index contributed by atoms with van der Waals surface area (Å²) in [4.78, 5) is 2.40. The molecule has 0 bridgehead atoms. The lowest BCUT2D eigenvalue weighted by Crippen LogP contribution is -2.38. The van der Waals surface area contributed by atoms with E-state index in [-0.39, 0.29) is 0 Å². The van der Waals surface area contributed by atoms with Gasteiger partial charge in [-0.15, -0.1) is 0 Å². The maximum atomic E-state index is 9.63. The molecule has 1 saturated heterocycles. The van der Waals surface area contributed by atoms with Crippen molar-refractivity contribution in [2.45, 2.75) is 46.6 Å². The molecule has 0 radical (unpaired) electrons. The van der Waals surface area contributed by atoms with E-state index in [9.17, 15) is 5.11 Å². The molecule has 2 nitrogen and oxygen atoms in total. The van der Waals surface area contributed by atoms with Crippen LogP contribution in [-0.2, 0) is 0 Å².